The van der Waals surface area contributed by atoms with Crippen LogP contribution in [0.1, 0.15) is 0 Å². The summed E-state index contributed by atoms with van der Waals surface area (Å²) < 4.78 is 76.3. The van der Waals surface area contributed by atoms with Gasteiger partial charge in [0.1, 0.15) is 0 Å². The number of esters is 1. The monoisotopic (exact) mass is 208 g/mol. The van der Waals surface area contributed by atoms with Crippen LogP contribution in [0.3, 0.4) is 0 Å². The first-order valence-corrected chi connectivity index (χ1v) is 2.93. The molecule has 0 amide bonds. The van der Waals surface area contributed by atoms with E-state index in [4.69, 9.17) is 0 Å². The normalized spacial score (nSPS) is 29.5. The number of alkyl halides is 6. The van der Waals surface area contributed by atoms with Crippen molar-refractivity contribution >= 4 is 5.97 Å². The first-order valence-electron chi connectivity index (χ1n) is 2.93. The zero-order valence-electron chi connectivity index (χ0n) is 5.79. The molecule has 0 atom stereocenters. The molecule has 0 aliphatic carbocycles. The molecule has 0 N–H and O–H groups in total. The van der Waals surface area contributed by atoms with Gasteiger partial charge < -0.3 is 4.74 Å². The maximum atomic E-state index is 12.2. The number of halogens is 6. The minimum absolute atomic E-state index is 2.03. The van der Waals surface area contributed by atoms with E-state index in [1.54, 1.807) is 0 Å². The van der Waals surface area contributed by atoms with Crippen molar-refractivity contribution in [3.05, 3.63) is 0 Å². The summed E-state index contributed by atoms with van der Waals surface area (Å²) in [5.74, 6) is -18.8. The maximum Gasteiger partial charge on any atom is 0.410 e. The lowest BCUT2D eigenvalue weighted by Gasteiger charge is -2.35. The number of carbonyl (C=O) groups is 1. The molecule has 1 aliphatic rings. The quantitative estimate of drug-likeness (QED) is 0.444. The third kappa shape index (κ3) is 1.07. The van der Waals surface area contributed by atoms with Crippen LogP contribution in [0.2, 0.25) is 0 Å². The lowest BCUT2D eigenvalue weighted by Crippen LogP contribution is -2.64. The molecule has 1 fully saturated rings. The van der Waals surface area contributed by atoms with Crippen molar-refractivity contribution in [2.75, 3.05) is 6.61 Å². The van der Waals surface area contributed by atoms with Gasteiger partial charge in [0.25, 0.3) is 0 Å². The fourth-order valence-corrected chi connectivity index (χ4v) is 0.695. The van der Waals surface area contributed by atoms with Crippen LogP contribution in [0.25, 0.3) is 0 Å². The molecule has 0 spiro atoms. The highest BCUT2D eigenvalue weighted by atomic mass is 19.3. The van der Waals surface area contributed by atoms with Crippen LogP contribution in [0.5, 0.6) is 0 Å². The summed E-state index contributed by atoms with van der Waals surface area (Å²) >= 11 is 0. The van der Waals surface area contributed by atoms with Crippen LogP contribution in [-0.4, -0.2) is 30.3 Å². The average Bonchev–Trinajstić information content (AvgIpc) is 1.97. The smallest absolute Gasteiger partial charge is 0.410 e. The van der Waals surface area contributed by atoms with E-state index >= 15 is 0 Å². The van der Waals surface area contributed by atoms with Gasteiger partial charge >= 0.3 is 23.7 Å². The Kier molecular flexibility index (Phi) is 1.79. The number of ether oxygens (including phenoxy) is 1. The minimum atomic E-state index is -5.70. The second-order valence-corrected chi connectivity index (χ2v) is 2.43. The molecule has 13 heavy (non-hydrogen) atoms. The van der Waals surface area contributed by atoms with Crippen LogP contribution in [0.15, 0.2) is 0 Å². The molecule has 0 aromatic rings. The van der Waals surface area contributed by atoms with Crippen molar-refractivity contribution in [3.63, 3.8) is 0 Å². The predicted molar refractivity (Wildman–Crippen MR) is 25.8 cm³/mol. The first-order chi connectivity index (χ1) is 5.63. The third-order valence-corrected chi connectivity index (χ3v) is 1.49. The number of cyclic esters (lactones) is 1. The Hall–Kier alpha value is -0.950. The van der Waals surface area contributed by atoms with Crippen LogP contribution in [-0.2, 0) is 9.53 Å². The van der Waals surface area contributed by atoms with E-state index in [0.29, 0.717) is 0 Å². The molecule has 0 saturated carbocycles. The van der Waals surface area contributed by atoms with Gasteiger partial charge in [-0.15, -0.1) is 0 Å². The van der Waals surface area contributed by atoms with E-state index < -0.39 is 30.3 Å². The van der Waals surface area contributed by atoms with Gasteiger partial charge in [-0.3, -0.25) is 0 Å². The predicted octanol–water partition coefficient (Wildman–Crippen LogP) is 1.45. The molecule has 1 aliphatic heterocycles. The highest BCUT2D eigenvalue weighted by Gasteiger charge is 2.79. The maximum absolute atomic E-state index is 12.2. The summed E-state index contributed by atoms with van der Waals surface area (Å²) in [6.45, 7) is -2.03. The van der Waals surface area contributed by atoms with E-state index in [1.165, 1.54) is 0 Å². The zero-order valence-corrected chi connectivity index (χ0v) is 5.79. The SMILES string of the molecule is O=C1OCC(F)(F)C(F)(F)C1(F)F. The number of hydrogen-bond acceptors (Lipinski definition) is 2. The summed E-state index contributed by atoms with van der Waals surface area (Å²) in [7, 11) is 0. The highest BCUT2D eigenvalue weighted by Crippen LogP contribution is 2.49. The Balaban J connectivity index is 3.14. The van der Waals surface area contributed by atoms with Gasteiger partial charge in [0.05, 0.1) is 0 Å². The molecule has 1 heterocycles. The van der Waals surface area contributed by atoms with Crippen molar-refractivity contribution < 1.29 is 35.9 Å². The highest BCUT2D eigenvalue weighted by molar-refractivity contribution is 5.80. The van der Waals surface area contributed by atoms with E-state index in [9.17, 15) is 31.1 Å². The fraction of sp³-hybridized carbons (Fsp3) is 0.800. The molecule has 1 rings (SSSR count). The van der Waals surface area contributed by atoms with Gasteiger partial charge in [0.2, 0.25) is 0 Å². The molecule has 2 nitrogen and oxygen atoms in total. The van der Waals surface area contributed by atoms with Crippen molar-refractivity contribution in [3.8, 4) is 0 Å². The van der Waals surface area contributed by atoms with Gasteiger partial charge in [-0.05, 0) is 0 Å². The Labute approximate surface area is 67.5 Å². The summed E-state index contributed by atoms with van der Waals surface area (Å²) in [5.41, 5.74) is 0. The standard InChI is InChI=1S/C5H2F6O2/c6-3(7)1-13-2(12)4(8,9)5(3,10)11/h1H2. The first kappa shape index (κ1) is 10.1. The van der Waals surface area contributed by atoms with Crippen molar-refractivity contribution in [1.82, 2.24) is 0 Å². The zero-order chi connectivity index (χ0) is 10.5. The molecular weight excluding hydrogens is 206 g/mol. The molecular formula is C5H2F6O2. The third-order valence-electron chi connectivity index (χ3n) is 1.49. The van der Waals surface area contributed by atoms with Crippen LogP contribution in [0.4, 0.5) is 26.3 Å². The molecule has 0 aromatic carbocycles. The van der Waals surface area contributed by atoms with Crippen molar-refractivity contribution in [1.29, 1.82) is 0 Å². The Morgan fingerprint density at radius 2 is 1.54 bits per heavy atom. The molecule has 0 aromatic heterocycles. The van der Waals surface area contributed by atoms with Crippen LogP contribution < -0.4 is 0 Å². The average molecular weight is 208 g/mol. The molecule has 0 bridgehead atoms. The van der Waals surface area contributed by atoms with Crippen LogP contribution in [0, 0.1) is 0 Å². The van der Waals surface area contributed by atoms with E-state index in [-0.39, 0.29) is 0 Å². The summed E-state index contributed by atoms with van der Waals surface area (Å²) in [6, 6.07) is 0. The van der Waals surface area contributed by atoms with Crippen molar-refractivity contribution in [2.24, 2.45) is 0 Å². The van der Waals surface area contributed by atoms with Gasteiger partial charge in [-0.2, -0.15) is 26.3 Å². The second kappa shape index (κ2) is 2.30. The lowest BCUT2D eigenvalue weighted by atomic mass is 10.0. The second-order valence-electron chi connectivity index (χ2n) is 2.43. The van der Waals surface area contributed by atoms with Gasteiger partial charge in [-0.25, -0.2) is 4.79 Å². The van der Waals surface area contributed by atoms with Crippen molar-refractivity contribution in [2.45, 2.75) is 17.8 Å². The Morgan fingerprint density at radius 1 is 1.08 bits per heavy atom. The summed E-state index contributed by atoms with van der Waals surface area (Å²) in [5, 5.41) is 0. The van der Waals surface area contributed by atoms with E-state index in [1.807, 2.05) is 0 Å². The van der Waals surface area contributed by atoms with Gasteiger partial charge in [0, 0.05) is 0 Å². The van der Waals surface area contributed by atoms with E-state index in [0.717, 1.165) is 0 Å². The number of rotatable bonds is 0. The van der Waals surface area contributed by atoms with Crippen LogP contribution >= 0.6 is 0 Å². The minimum Gasteiger partial charge on any atom is -0.454 e. The Bertz CT molecular complexity index is 247. The lowest BCUT2D eigenvalue weighted by molar-refractivity contribution is -0.336. The fourth-order valence-electron chi connectivity index (χ4n) is 0.695. The molecule has 0 unspecified atom stereocenters. The Morgan fingerprint density at radius 3 is 1.92 bits per heavy atom. The van der Waals surface area contributed by atoms with Gasteiger partial charge in [-0.1, -0.05) is 0 Å². The number of hydrogen-bond donors (Lipinski definition) is 0. The number of carbonyl (C=O) groups excluding carboxylic acids is 1. The topological polar surface area (TPSA) is 26.3 Å². The largest absolute Gasteiger partial charge is 0.454 e. The molecule has 1 saturated heterocycles. The molecule has 0 radical (unpaired) electrons. The summed E-state index contributed by atoms with van der Waals surface area (Å²) in [4.78, 5) is 10.0. The van der Waals surface area contributed by atoms with E-state index in [2.05, 4.69) is 4.74 Å². The van der Waals surface area contributed by atoms with Gasteiger partial charge in [0.15, 0.2) is 6.61 Å². The molecule has 8 heteroatoms. The summed E-state index contributed by atoms with van der Waals surface area (Å²) in [6.07, 6.45) is 0. The molecule has 76 valence electrons.